The van der Waals surface area contributed by atoms with Gasteiger partial charge in [-0.15, -0.1) is 0 Å². The molecule has 196 valence electrons. The molecule has 2 aliphatic rings. The maximum Gasteiger partial charge on any atom is 0.123 e. The second-order valence-electron chi connectivity index (χ2n) is 9.18. The number of nitrogens with two attached hydrogens (primary N) is 1. The van der Waals surface area contributed by atoms with Crippen LogP contribution in [0.5, 0.6) is 0 Å². The topological polar surface area (TPSA) is 101 Å². The van der Waals surface area contributed by atoms with Crippen LogP contribution in [0.15, 0.2) is 58.2 Å². The lowest BCUT2D eigenvalue weighted by Crippen LogP contribution is -2.45. The number of hydrogen-bond acceptors (Lipinski definition) is 7. The van der Waals surface area contributed by atoms with Gasteiger partial charge in [0, 0.05) is 55.4 Å². The number of piperazine rings is 1. The van der Waals surface area contributed by atoms with Crippen LogP contribution in [0.2, 0.25) is 0 Å². The van der Waals surface area contributed by atoms with Gasteiger partial charge in [-0.1, -0.05) is 24.8 Å². The maximum atomic E-state index is 13.8. The number of allylic oxidation sites excluding steroid dienone is 5. The van der Waals surface area contributed by atoms with Crippen molar-refractivity contribution in [1.29, 1.82) is 5.41 Å². The quantitative estimate of drug-likeness (QED) is 0.394. The minimum absolute atomic E-state index is 0.0259. The largest absolute Gasteiger partial charge is 0.395 e. The van der Waals surface area contributed by atoms with Crippen molar-refractivity contribution in [3.63, 3.8) is 0 Å². The fraction of sp³-hybridized carbons (Fsp3) is 0.464. The van der Waals surface area contributed by atoms with E-state index < -0.39 is 0 Å². The number of nitrogens with one attached hydrogen (secondary N) is 1. The Balaban J connectivity index is 0.000000380. The van der Waals surface area contributed by atoms with Crippen molar-refractivity contribution < 1.29 is 9.50 Å². The first-order valence-corrected chi connectivity index (χ1v) is 12.4. The summed E-state index contributed by atoms with van der Waals surface area (Å²) in [5, 5.41) is 17.1. The summed E-state index contributed by atoms with van der Waals surface area (Å²) in [6.45, 7) is 16.8. The molecule has 7 nitrogen and oxygen atoms in total. The van der Waals surface area contributed by atoms with E-state index >= 15 is 0 Å². The normalized spacial score (nSPS) is 22.2. The Morgan fingerprint density at radius 3 is 2.53 bits per heavy atom. The van der Waals surface area contributed by atoms with Crippen LogP contribution in [-0.2, 0) is 0 Å². The fourth-order valence-electron chi connectivity index (χ4n) is 4.62. The lowest BCUT2D eigenvalue weighted by molar-refractivity contribution is 0.128. The molecule has 1 saturated heterocycles. The average Bonchev–Trinajstić information content (AvgIpc) is 2.85. The van der Waals surface area contributed by atoms with Crippen LogP contribution in [0.4, 0.5) is 4.39 Å². The molecule has 1 saturated carbocycles. The summed E-state index contributed by atoms with van der Waals surface area (Å²) < 4.78 is 13.8. The van der Waals surface area contributed by atoms with Crippen molar-refractivity contribution in [2.24, 2.45) is 15.7 Å². The van der Waals surface area contributed by atoms with E-state index in [9.17, 15) is 4.39 Å². The summed E-state index contributed by atoms with van der Waals surface area (Å²) in [7, 11) is 2.14. The molecule has 4 N–H and O–H groups in total. The molecule has 0 amide bonds. The Labute approximate surface area is 215 Å². The van der Waals surface area contributed by atoms with Crippen LogP contribution in [0.25, 0.3) is 5.57 Å². The Kier molecular flexibility index (Phi) is 12.0. The van der Waals surface area contributed by atoms with E-state index in [0.29, 0.717) is 30.9 Å². The van der Waals surface area contributed by atoms with E-state index in [-0.39, 0.29) is 18.4 Å². The highest BCUT2D eigenvalue weighted by atomic mass is 19.1. The molecular formula is C28H41FN6O. The molecule has 1 unspecified atom stereocenters. The minimum atomic E-state index is -0.283. The lowest BCUT2D eigenvalue weighted by Gasteiger charge is -2.31. The van der Waals surface area contributed by atoms with Crippen LogP contribution in [0, 0.1) is 11.2 Å². The van der Waals surface area contributed by atoms with E-state index in [1.54, 1.807) is 12.1 Å². The number of aliphatic hydroxyl groups excluding tert-OH is 1. The molecule has 1 atom stereocenters. The summed E-state index contributed by atoms with van der Waals surface area (Å²) in [5.41, 5.74) is 11.0. The van der Waals surface area contributed by atoms with Crippen molar-refractivity contribution >= 4 is 23.7 Å². The molecule has 0 spiro atoms. The Morgan fingerprint density at radius 1 is 1.25 bits per heavy atom. The molecule has 0 radical (unpaired) electrons. The van der Waals surface area contributed by atoms with E-state index in [2.05, 4.69) is 40.1 Å². The minimum Gasteiger partial charge on any atom is -0.395 e. The number of nitrogens with zero attached hydrogens (tertiary/aromatic N) is 4. The summed E-state index contributed by atoms with van der Waals surface area (Å²) >= 11 is 0. The predicted octanol–water partition coefficient (Wildman–Crippen LogP) is 3.87. The second-order valence-corrected chi connectivity index (χ2v) is 9.18. The van der Waals surface area contributed by atoms with Gasteiger partial charge in [0.05, 0.1) is 13.3 Å². The molecule has 1 aliphatic heterocycles. The average molecular weight is 497 g/mol. The molecule has 36 heavy (non-hydrogen) atoms. The molecule has 0 aromatic heterocycles. The van der Waals surface area contributed by atoms with E-state index in [4.69, 9.17) is 16.2 Å². The number of likely N-dealkylation sites (N-methyl/N-ethyl adjacent to an activating group) is 1. The van der Waals surface area contributed by atoms with E-state index in [1.807, 2.05) is 19.9 Å². The Bertz CT molecular complexity index is 1020. The molecule has 1 aliphatic carbocycles. The van der Waals surface area contributed by atoms with Crippen molar-refractivity contribution in [2.75, 3.05) is 53.0 Å². The van der Waals surface area contributed by atoms with E-state index in [0.717, 1.165) is 60.7 Å². The molecular weight excluding hydrogens is 455 g/mol. The molecule has 2 fully saturated rings. The number of hydrogen-bond donors (Lipinski definition) is 3. The smallest absolute Gasteiger partial charge is 0.123 e. The van der Waals surface area contributed by atoms with Crippen molar-refractivity contribution in [2.45, 2.75) is 32.6 Å². The van der Waals surface area contributed by atoms with Gasteiger partial charge in [-0.25, -0.2) is 4.39 Å². The second kappa shape index (κ2) is 14.7. The highest BCUT2D eigenvalue weighted by molar-refractivity contribution is 6.26. The molecule has 3 rings (SSSR count). The van der Waals surface area contributed by atoms with E-state index in [1.165, 1.54) is 12.1 Å². The third kappa shape index (κ3) is 8.13. The standard InChI is InChI=1S/C21H25FN4.C7H16N2O/c1-5-6-13(2)18-11-16(22)7-8-17(18)15-9-19(24)21(14(3)25-4)20(10-15)26-12-23;1-8-2-4-9(5-3-8)6-7-10/h5-8,11,15,24H,1,4,9-10,12,23H2,2-3H3;10H,2-7H2,1H3/b13-6+,21-14-,24-19?,26-20-;. The highest BCUT2D eigenvalue weighted by Gasteiger charge is 2.30. The van der Waals surface area contributed by atoms with Crippen LogP contribution < -0.4 is 5.73 Å². The highest BCUT2D eigenvalue weighted by Crippen LogP contribution is 2.37. The fourth-order valence-corrected chi connectivity index (χ4v) is 4.62. The zero-order valence-corrected chi connectivity index (χ0v) is 21.9. The molecule has 0 bridgehead atoms. The number of β-amino-alcohol motifs (C(OH)–C–C–N with tert-alkyl or cyclic N) is 1. The van der Waals surface area contributed by atoms with Gasteiger partial charge < -0.3 is 21.1 Å². The third-order valence-corrected chi connectivity index (χ3v) is 6.62. The molecule has 1 heterocycles. The first-order chi connectivity index (χ1) is 17.2. The van der Waals surface area contributed by atoms with Crippen LogP contribution in [0.1, 0.15) is 43.7 Å². The van der Waals surface area contributed by atoms with Crippen LogP contribution in [-0.4, -0.2) is 86.1 Å². The van der Waals surface area contributed by atoms with Crippen LogP contribution in [0.3, 0.4) is 0 Å². The third-order valence-electron chi connectivity index (χ3n) is 6.62. The van der Waals surface area contributed by atoms with Gasteiger partial charge in [0.1, 0.15) is 5.82 Å². The predicted molar refractivity (Wildman–Crippen MR) is 150 cm³/mol. The zero-order chi connectivity index (χ0) is 26.7. The first kappa shape index (κ1) is 29.5. The van der Waals surface area contributed by atoms with Gasteiger partial charge in [-0.2, -0.15) is 0 Å². The van der Waals surface area contributed by atoms with Crippen molar-refractivity contribution in [3.05, 3.63) is 65.1 Å². The number of aliphatic imine (C=N–C) groups is 2. The number of aliphatic hydroxyl groups is 1. The monoisotopic (exact) mass is 496 g/mol. The maximum absolute atomic E-state index is 13.8. The van der Waals surface area contributed by atoms with Crippen LogP contribution >= 0.6 is 0 Å². The summed E-state index contributed by atoms with van der Waals surface area (Å²) in [6, 6.07) is 4.80. The van der Waals surface area contributed by atoms with Gasteiger partial charge in [-0.3, -0.25) is 14.9 Å². The number of rotatable bonds is 7. The number of benzene rings is 1. The van der Waals surface area contributed by atoms with Crippen molar-refractivity contribution in [3.8, 4) is 0 Å². The Morgan fingerprint density at radius 2 is 1.94 bits per heavy atom. The summed E-state index contributed by atoms with van der Waals surface area (Å²) in [6.07, 6.45) is 4.71. The first-order valence-electron chi connectivity index (χ1n) is 12.4. The summed E-state index contributed by atoms with van der Waals surface area (Å²) in [5.74, 6) is -0.257. The Hall–Kier alpha value is -2.78. The molecule has 1 aromatic rings. The van der Waals surface area contributed by atoms with Gasteiger partial charge in [-0.05, 0) is 75.2 Å². The SMILES string of the molecule is C=C/C=C(\C)c1cc(F)ccc1C1CC(=N)C(=C(\C)N=C)/C(=N\CN)C1.CN1CCN(CCO)CC1. The van der Waals surface area contributed by atoms with Gasteiger partial charge in [0.15, 0.2) is 0 Å². The lowest BCUT2D eigenvalue weighted by atomic mass is 9.76. The number of halogens is 1. The van der Waals surface area contributed by atoms with Gasteiger partial charge in [0.2, 0.25) is 0 Å². The van der Waals surface area contributed by atoms with Gasteiger partial charge in [0.25, 0.3) is 0 Å². The van der Waals surface area contributed by atoms with Gasteiger partial charge >= 0.3 is 0 Å². The molecule has 8 heteroatoms. The summed E-state index contributed by atoms with van der Waals surface area (Å²) in [4.78, 5) is 13.0. The molecule has 1 aromatic carbocycles. The zero-order valence-electron chi connectivity index (χ0n) is 21.9. The van der Waals surface area contributed by atoms with Crippen molar-refractivity contribution in [1.82, 2.24) is 9.80 Å².